The van der Waals surface area contributed by atoms with Crippen LogP contribution in [-0.4, -0.2) is 56.0 Å². The third kappa shape index (κ3) is 6.03. The van der Waals surface area contributed by atoms with E-state index < -0.39 is 5.43 Å². The van der Waals surface area contributed by atoms with Crippen LogP contribution in [0.3, 0.4) is 0 Å². The lowest BCUT2D eigenvalue weighted by molar-refractivity contribution is 0.307. The zero-order valence-electron chi connectivity index (χ0n) is 26.3. The summed E-state index contributed by atoms with van der Waals surface area (Å²) in [5.74, 6) is 0.952. The molecule has 0 aliphatic rings. The number of methoxy groups -OCH3 is 5. The van der Waals surface area contributed by atoms with E-state index in [4.69, 9.17) is 32.5 Å². The van der Waals surface area contributed by atoms with Gasteiger partial charge in [-0.1, -0.05) is 0 Å². The first-order valence-electron chi connectivity index (χ1n) is 14.0. The number of fused-ring (bicyclic) bond motifs is 2. The average Bonchev–Trinajstić information content (AvgIpc) is 3.07. The maximum absolute atomic E-state index is 12.9. The van der Waals surface area contributed by atoms with Gasteiger partial charge in [0.2, 0.25) is 17.2 Å². The number of rotatable bonds is 7. The summed E-state index contributed by atoms with van der Waals surface area (Å²) in [5, 5.41) is 38.1. The Balaban J connectivity index is 0.000000194. The Hall–Kier alpha value is -6.50. The smallest absolute Gasteiger partial charge is 0.211 e. The highest BCUT2D eigenvalue weighted by Gasteiger charge is 2.27. The van der Waals surface area contributed by atoms with Gasteiger partial charge in [0.25, 0.3) is 0 Å². The van der Waals surface area contributed by atoms with Crippen LogP contribution >= 0.6 is 0 Å². The molecule has 0 atom stereocenters. The van der Waals surface area contributed by atoms with Crippen LogP contribution in [0.5, 0.6) is 51.7 Å². The van der Waals surface area contributed by atoms with Crippen molar-refractivity contribution in [3.8, 4) is 74.4 Å². The molecule has 4 N–H and O–H groups in total. The first-order valence-corrected chi connectivity index (χ1v) is 14.0. The van der Waals surface area contributed by atoms with Gasteiger partial charge in [0.1, 0.15) is 45.1 Å². The highest BCUT2D eigenvalue weighted by atomic mass is 16.5. The van der Waals surface area contributed by atoms with Crippen molar-refractivity contribution in [2.24, 2.45) is 0 Å². The fraction of sp³-hybridized carbons (Fsp3) is 0.143. The lowest BCUT2D eigenvalue weighted by Crippen LogP contribution is -2.07. The number of phenols is 4. The SMILES string of the molecule is COc1ccc(-c2cc(=O)c3c(OC)c(OC)c(OC)c(OC)c3o2)cc1.O=c1cc(-c2ccc(O)c(O)c2)oc2cc(O)cc(O)c12. The summed E-state index contributed by atoms with van der Waals surface area (Å²) < 4.78 is 38.3. The second-order valence-corrected chi connectivity index (χ2v) is 10.1. The zero-order chi connectivity index (χ0) is 34.7. The van der Waals surface area contributed by atoms with E-state index in [1.54, 1.807) is 31.4 Å². The van der Waals surface area contributed by atoms with E-state index in [0.29, 0.717) is 22.6 Å². The van der Waals surface area contributed by atoms with Gasteiger partial charge in [-0.25, -0.2) is 0 Å². The molecule has 0 amide bonds. The monoisotopic (exact) mass is 658 g/mol. The highest BCUT2D eigenvalue weighted by molar-refractivity contribution is 5.95. The van der Waals surface area contributed by atoms with Crippen LogP contribution in [-0.2, 0) is 0 Å². The molecule has 0 spiro atoms. The van der Waals surface area contributed by atoms with Crippen molar-refractivity contribution in [3.05, 3.63) is 87.2 Å². The first-order chi connectivity index (χ1) is 23.0. The maximum Gasteiger partial charge on any atom is 0.211 e. The van der Waals surface area contributed by atoms with Crippen LogP contribution < -0.4 is 34.5 Å². The summed E-state index contributed by atoms with van der Waals surface area (Å²) in [6.45, 7) is 0. The lowest BCUT2D eigenvalue weighted by Gasteiger charge is -2.17. The van der Waals surface area contributed by atoms with Crippen molar-refractivity contribution < 1.29 is 52.9 Å². The molecular weight excluding hydrogens is 628 g/mol. The van der Waals surface area contributed by atoms with Gasteiger partial charge in [0.15, 0.2) is 33.7 Å². The molecule has 2 aromatic heterocycles. The maximum atomic E-state index is 12.9. The van der Waals surface area contributed by atoms with E-state index in [1.165, 1.54) is 58.8 Å². The lowest BCUT2D eigenvalue weighted by atomic mass is 10.1. The molecule has 13 nitrogen and oxygen atoms in total. The molecule has 0 aliphatic heterocycles. The minimum Gasteiger partial charge on any atom is -0.508 e. The van der Waals surface area contributed by atoms with Crippen molar-refractivity contribution in [2.45, 2.75) is 0 Å². The number of aromatic hydroxyl groups is 4. The van der Waals surface area contributed by atoms with Crippen LogP contribution in [0.1, 0.15) is 0 Å². The molecule has 0 radical (unpaired) electrons. The molecule has 0 aliphatic carbocycles. The second-order valence-electron chi connectivity index (χ2n) is 10.1. The van der Waals surface area contributed by atoms with E-state index >= 15 is 0 Å². The summed E-state index contributed by atoms with van der Waals surface area (Å²) in [6.07, 6.45) is 0. The summed E-state index contributed by atoms with van der Waals surface area (Å²) in [4.78, 5) is 24.9. The molecule has 0 unspecified atom stereocenters. The molecular formula is C35H30O13. The van der Waals surface area contributed by atoms with Gasteiger partial charge < -0.3 is 52.9 Å². The molecule has 6 rings (SSSR count). The van der Waals surface area contributed by atoms with Crippen LogP contribution in [0, 0.1) is 0 Å². The Bertz CT molecular complexity index is 2250. The van der Waals surface area contributed by atoms with Gasteiger partial charge in [-0.3, -0.25) is 9.59 Å². The normalized spacial score (nSPS) is 10.7. The molecule has 0 bridgehead atoms. The van der Waals surface area contributed by atoms with E-state index in [-0.39, 0.29) is 79.1 Å². The van der Waals surface area contributed by atoms with Crippen molar-refractivity contribution in [2.75, 3.05) is 35.5 Å². The fourth-order valence-corrected chi connectivity index (χ4v) is 5.01. The minimum atomic E-state index is -0.490. The van der Waals surface area contributed by atoms with Crippen molar-refractivity contribution in [3.63, 3.8) is 0 Å². The summed E-state index contributed by atoms with van der Waals surface area (Å²) in [7, 11) is 7.42. The summed E-state index contributed by atoms with van der Waals surface area (Å²) in [6, 6.07) is 15.9. The topological polar surface area (TPSA) is 187 Å². The van der Waals surface area contributed by atoms with Crippen molar-refractivity contribution in [1.82, 2.24) is 0 Å². The highest BCUT2D eigenvalue weighted by Crippen LogP contribution is 2.50. The van der Waals surface area contributed by atoms with E-state index in [0.717, 1.165) is 12.1 Å². The second kappa shape index (κ2) is 13.5. The number of benzene rings is 4. The van der Waals surface area contributed by atoms with Gasteiger partial charge in [0.05, 0.1) is 35.5 Å². The van der Waals surface area contributed by atoms with Crippen LogP contribution in [0.25, 0.3) is 44.6 Å². The molecule has 13 heteroatoms. The zero-order valence-corrected chi connectivity index (χ0v) is 26.3. The Morgan fingerprint density at radius 1 is 0.500 bits per heavy atom. The summed E-state index contributed by atoms with van der Waals surface area (Å²) in [5.41, 5.74) is 0.528. The molecule has 0 fully saturated rings. The molecule has 4 aromatic carbocycles. The summed E-state index contributed by atoms with van der Waals surface area (Å²) >= 11 is 0. The molecule has 48 heavy (non-hydrogen) atoms. The quantitative estimate of drug-likeness (QED) is 0.151. The Morgan fingerprint density at radius 3 is 1.65 bits per heavy atom. The van der Waals surface area contributed by atoms with Crippen LogP contribution in [0.15, 0.2) is 85.2 Å². The Labute approximate surface area is 271 Å². The van der Waals surface area contributed by atoms with Gasteiger partial charge >= 0.3 is 0 Å². The van der Waals surface area contributed by atoms with E-state index in [9.17, 15) is 30.0 Å². The van der Waals surface area contributed by atoms with Gasteiger partial charge in [-0.15, -0.1) is 0 Å². The predicted molar refractivity (Wildman–Crippen MR) is 175 cm³/mol. The number of phenolic OH excluding ortho intramolecular Hbond substituents is 4. The number of ether oxygens (including phenoxy) is 5. The molecule has 0 saturated carbocycles. The van der Waals surface area contributed by atoms with Crippen LogP contribution in [0.4, 0.5) is 0 Å². The minimum absolute atomic E-state index is 0.0163. The van der Waals surface area contributed by atoms with E-state index in [1.807, 2.05) is 0 Å². The van der Waals surface area contributed by atoms with Crippen molar-refractivity contribution >= 4 is 21.9 Å². The average molecular weight is 659 g/mol. The number of hydrogen-bond acceptors (Lipinski definition) is 13. The van der Waals surface area contributed by atoms with Crippen LogP contribution in [0.2, 0.25) is 0 Å². The predicted octanol–water partition coefficient (Wildman–Crippen LogP) is 5.79. The molecule has 0 saturated heterocycles. The van der Waals surface area contributed by atoms with Gasteiger partial charge in [-0.2, -0.15) is 0 Å². The van der Waals surface area contributed by atoms with Gasteiger partial charge in [0, 0.05) is 35.4 Å². The standard InChI is InChI=1S/C20H20O7.C15H10O6/c1-22-12-8-6-11(7-9-12)14-10-13(21)15-16(23-2)18(24-3)20(26-5)19(25-4)17(15)27-14;16-8-4-11(19)15-12(20)6-13(21-14(15)5-8)7-1-2-9(17)10(18)3-7/h6-10H,1-5H3;1-6,16-19H. The molecule has 6 aromatic rings. The fourth-order valence-electron chi connectivity index (χ4n) is 5.01. The number of hydrogen-bond donors (Lipinski definition) is 4. The third-order valence-corrected chi connectivity index (χ3v) is 7.25. The molecule has 2 heterocycles. The largest absolute Gasteiger partial charge is 0.508 e. The Morgan fingerprint density at radius 2 is 1.06 bits per heavy atom. The first kappa shape index (κ1) is 32.9. The van der Waals surface area contributed by atoms with Crippen molar-refractivity contribution in [1.29, 1.82) is 0 Å². The van der Waals surface area contributed by atoms with Gasteiger partial charge in [-0.05, 0) is 42.5 Å². The van der Waals surface area contributed by atoms with E-state index in [2.05, 4.69) is 0 Å². The third-order valence-electron chi connectivity index (χ3n) is 7.25. The Kier molecular flexibility index (Phi) is 9.22. The molecule has 248 valence electrons.